The van der Waals surface area contributed by atoms with E-state index in [1.807, 2.05) is 4.90 Å². The number of halogens is 3. The van der Waals surface area contributed by atoms with Crippen molar-refractivity contribution in [3.05, 3.63) is 0 Å². The summed E-state index contributed by atoms with van der Waals surface area (Å²) in [6.07, 6.45) is -0.832. The van der Waals surface area contributed by atoms with Gasteiger partial charge in [0.2, 0.25) is 0 Å². The van der Waals surface area contributed by atoms with Crippen LogP contribution in [0.1, 0.15) is 39.5 Å². The number of rotatable bonds is 9. The molecular formula is C12H22F3NO2. The largest absolute Gasteiger partial charge is 0.490 e. The van der Waals surface area contributed by atoms with Gasteiger partial charge in [-0.05, 0) is 25.9 Å². The van der Waals surface area contributed by atoms with Gasteiger partial charge in [-0.25, -0.2) is 4.79 Å². The Morgan fingerprint density at radius 3 is 1.94 bits per heavy atom. The summed E-state index contributed by atoms with van der Waals surface area (Å²) in [5, 5.41) is 0. The van der Waals surface area contributed by atoms with E-state index in [4.69, 9.17) is 0 Å². The summed E-state index contributed by atoms with van der Waals surface area (Å²) < 4.78 is 39.9. The number of hydrogen-bond acceptors (Lipinski definition) is 3. The molecular weight excluding hydrogens is 247 g/mol. The molecule has 0 saturated heterocycles. The molecule has 0 aliphatic rings. The molecule has 3 nitrogen and oxygen atoms in total. The summed E-state index contributed by atoms with van der Waals surface area (Å²) in [6.45, 7) is 5.94. The van der Waals surface area contributed by atoms with Gasteiger partial charge in [-0.15, -0.1) is 0 Å². The van der Waals surface area contributed by atoms with E-state index in [2.05, 4.69) is 18.6 Å². The lowest BCUT2D eigenvalue weighted by Gasteiger charge is -2.21. The fourth-order valence-corrected chi connectivity index (χ4v) is 1.45. The number of hydrogen-bond donors (Lipinski definition) is 0. The molecule has 0 fully saturated rings. The standard InChI is InChI=1S/C12H22F3NO2/c1-3-5-7-16(8-6-4-2)9-10-18-11(17)12(13,14)15/h3-10H2,1-2H3. The molecule has 0 amide bonds. The van der Waals surface area contributed by atoms with Gasteiger partial charge in [-0.1, -0.05) is 26.7 Å². The molecule has 0 aliphatic heterocycles. The van der Waals surface area contributed by atoms with Crippen molar-refractivity contribution in [3.63, 3.8) is 0 Å². The van der Waals surface area contributed by atoms with Gasteiger partial charge in [0.05, 0.1) is 0 Å². The fourth-order valence-electron chi connectivity index (χ4n) is 1.45. The summed E-state index contributed by atoms with van der Waals surface area (Å²) in [7, 11) is 0. The van der Waals surface area contributed by atoms with Gasteiger partial charge in [0.25, 0.3) is 0 Å². The van der Waals surface area contributed by atoms with Crippen molar-refractivity contribution in [3.8, 4) is 0 Å². The van der Waals surface area contributed by atoms with Crippen LogP contribution >= 0.6 is 0 Å². The van der Waals surface area contributed by atoms with E-state index in [1.54, 1.807) is 0 Å². The zero-order valence-corrected chi connectivity index (χ0v) is 11.1. The van der Waals surface area contributed by atoms with E-state index in [0.29, 0.717) is 6.54 Å². The molecule has 0 bridgehead atoms. The maximum Gasteiger partial charge on any atom is 0.490 e. The summed E-state index contributed by atoms with van der Waals surface area (Å²) in [5.41, 5.74) is 0. The SMILES string of the molecule is CCCCN(CCCC)CCOC(=O)C(F)(F)F. The number of alkyl halides is 3. The molecule has 0 rings (SSSR count). The van der Waals surface area contributed by atoms with Crippen molar-refractivity contribution < 1.29 is 22.7 Å². The number of nitrogens with zero attached hydrogens (tertiary/aromatic N) is 1. The van der Waals surface area contributed by atoms with E-state index in [-0.39, 0.29) is 6.61 Å². The lowest BCUT2D eigenvalue weighted by Crippen LogP contribution is -2.33. The molecule has 0 aromatic rings. The summed E-state index contributed by atoms with van der Waals surface area (Å²) in [4.78, 5) is 12.5. The molecule has 0 atom stereocenters. The molecule has 0 heterocycles. The molecule has 0 saturated carbocycles. The number of unbranched alkanes of at least 4 members (excludes halogenated alkanes) is 2. The van der Waals surface area contributed by atoms with E-state index in [1.165, 1.54) is 0 Å². The first kappa shape index (κ1) is 17.2. The van der Waals surface area contributed by atoms with E-state index >= 15 is 0 Å². The maximum absolute atomic E-state index is 11.9. The predicted molar refractivity (Wildman–Crippen MR) is 63.3 cm³/mol. The Morgan fingerprint density at radius 2 is 1.56 bits per heavy atom. The second-order valence-corrected chi connectivity index (χ2v) is 4.18. The van der Waals surface area contributed by atoms with Crippen molar-refractivity contribution >= 4 is 5.97 Å². The average molecular weight is 269 g/mol. The van der Waals surface area contributed by atoms with Crippen LogP contribution in [-0.4, -0.2) is 43.3 Å². The van der Waals surface area contributed by atoms with Gasteiger partial charge in [-0.3, -0.25) is 4.90 Å². The van der Waals surface area contributed by atoms with Gasteiger partial charge in [-0.2, -0.15) is 13.2 Å². The topological polar surface area (TPSA) is 29.5 Å². The van der Waals surface area contributed by atoms with Crippen LogP contribution in [0.2, 0.25) is 0 Å². The number of ether oxygens (including phenoxy) is 1. The lowest BCUT2D eigenvalue weighted by atomic mass is 10.2. The minimum atomic E-state index is -4.89. The number of carbonyl (C=O) groups excluding carboxylic acids is 1. The monoisotopic (exact) mass is 269 g/mol. The van der Waals surface area contributed by atoms with Gasteiger partial charge >= 0.3 is 12.1 Å². The highest BCUT2D eigenvalue weighted by Crippen LogP contribution is 2.16. The third-order valence-corrected chi connectivity index (χ3v) is 2.53. The minimum Gasteiger partial charge on any atom is -0.458 e. The minimum absolute atomic E-state index is 0.203. The van der Waals surface area contributed by atoms with Crippen LogP contribution in [0.15, 0.2) is 0 Å². The van der Waals surface area contributed by atoms with E-state index < -0.39 is 12.1 Å². The zero-order chi connectivity index (χ0) is 14.0. The van der Waals surface area contributed by atoms with Gasteiger partial charge < -0.3 is 4.74 Å². The molecule has 18 heavy (non-hydrogen) atoms. The smallest absolute Gasteiger partial charge is 0.458 e. The first-order valence-corrected chi connectivity index (χ1v) is 6.38. The third kappa shape index (κ3) is 8.33. The zero-order valence-electron chi connectivity index (χ0n) is 11.1. The van der Waals surface area contributed by atoms with Crippen molar-refractivity contribution in [2.24, 2.45) is 0 Å². The van der Waals surface area contributed by atoms with Gasteiger partial charge in [0, 0.05) is 6.54 Å². The summed E-state index contributed by atoms with van der Waals surface area (Å²) >= 11 is 0. The van der Waals surface area contributed by atoms with E-state index in [9.17, 15) is 18.0 Å². The molecule has 0 radical (unpaired) electrons. The first-order chi connectivity index (χ1) is 8.41. The predicted octanol–water partition coefficient (Wildman–Crippen LogP) is 2.99. The molecule has 108 valence electrons. The van der Waals surface area contributed by atoms with Crippen LogP contribution in [0.4, 0.5) is 13.2 Å². The average Bonchev–Trinajstić information content (AvgIpc) is 2.30. The highest BCUT2D eigenvalue weighted by Gasteiger charge is 2.40. The Kier molecular flexibility index (Phi) is 8.79. The highest BCUT2D eigenvalue weighted by atomic mass is 19.4. The molecule has 0 N–H and O–H groups in total. The van der Waals surface area contributed by atoms with Gasteiger partial charge in [0.15, 0.2) is 0 Å². The third-order valence-electron chi connectivity index (χ3n) is 2.53. The molecule has 0 aromatic heterocycles. The van der Waals surface area contributed by atoms with Crippen molar-refractivity contribution in [1.29, 1.82) is 0 Å². The first-order valence-electron chi connectivity index (χ1n) is 6.38. The Bertz CT molecular complexity index is 224. The van der Waals surface area contributed by atoms with Crippen LogP contribution in [-0.2, 0) is 9.53 Å². The Labute approximate surface area is 106 Å². The molecule has 0 unspecified atom stereocenters. The van der Waals surface area contributed by atoms with Crippen LogP contribution in [0, 0.1) is 0 Å². The van der Waals surface area contributed by atoms with Crippen LogP contribution < -0.4 is 0 Å². The Morgan fingerprint density at radius 1 is 1.06 bits per heavy atom. The molecule has 0 aliphatic carbocycles. The van der Waals surface area contributed by atoms with Crippen molar-refractivity contribution in [2.45, 2.75) is 45.7 Å². The number of carbonyl (C=O) groups is 1. The highest BCUT2D eigenvalue weighted by molar-refractivity contribution is 5.75. The fraction of sp³-hybridized carbons (Fsp3) is 0.917. The quantitative estimate of drug-likeness (QED) is 0.603. The van der Waals surface area contributed by atoms with Crippen LogP contribution in [0.5, 0.6) is 0 Å². The summed E-state index contributed by atoms with van der Waals surface area (Å²) in [6, 6.07) is 0. The lowest BCUT2D eigenvalue weighted by molar-refractivity contribution is -0.200. The summed E-state index contributed by atoms with van der Waals surface area (Å²) in [5.74, 6) is -2.10. The molecule has 0 aromatic carbocycles. The maximum atomic E-state index is 11.9. The normalized spacial score (nSPS) is 11.9. The van der Waals surface area contributed by atoms with Crippen LogP contribution in [0.25, 0.3) is 0 Å². The molecule has 6 heteroatoms. The number of esters is 1. The van der Waals surface area contributed by atoms with Crippen LogP contribution in [0.3, 0.4) is 0 Å². The second-order valence-electron chi connectivity index (χ2n) is 4.18. The Hall–Kier alpha value is -0.780. The van der Waals surface area contributed by atoms with Crippen molar-refractivity contribution in [1.82, 2.24) is 4.90 Å². The second kappa shape index (κ2) is 9.19. The van der Waals surface area contributed by atoms with Crippen molar-refractivity contribution in [2.75, 3.05) is 26.2 Å². The van der Waals surface area contributed by atoms with E-state index in [0.717, 1.165) is 38.8 Å². The Balaban J connectivity index is 3.90. The molecule has 0 spiro atoms. The van der Waals surface area contributed by atoms with Gasteiger partial charge in [0.1, 0.15) is 6.61 Å².